The average molecular weight is 544 g/mol. The third kappa shape index (κ3) is 6.23. The Hall–Kier alpha value is -4.30. The van der Waals surface area contributed by atoms with Crippen LogP contribution in [0.15, 0.2) is 78.9 Å². The van der Waals surface area contributed by atoms with E-state index in [0.29, 0.717) is 39.6 Å². The number of para-hydroxylation sites is 3. The lowest BCUT2D eigenvalue weighted by Gasteiger charge is -2.31. The largest absolute Gasteiger partial charge is 0.437 e. The first-order valence-electron chi connectivity index (χ1n) is 12.9. The van der Waals surface area contributed by atoms with Crippen molar-refractivity contribution in [3.05, 3.63) is 95.1 Å². The summed E-state index contributed by atoms with van der Waals surface area (Å²) in [7, 11) is 0. The third-order valence-corrected chi connectivity index (χ3v) is 7.13. The second kappa shape index (κ2) is 11.6. The average Bonchev–Trinajstić information content (AvgIpc) is 3.30. The van der Waals surface area contributed by atoms with Crippen molar-refractivity contribution < 1.29 is 14.3 Å². The fourth-order valence-corrected chi connectivity index (χ4v) is 4.98. The van der Waals surface area contributed by atoms with Gasteiger partial charge in [0, 0.05) is 31.8 Å². The van der Waals surface area contributed by atoms with Crippen LogP contribution in [0.1, 0.15) is 36.9 Å². The molecule has 1 aromatic heterocycles. The van der Waals surface area contributed by atoms with E-state index in [1.807, 2.05) is 72.5 Å². The van der Waals surface area contributed by atoms with Gasteiger partial charge in [0.15, 0.2) is 5.75 Å². The highest BCUT2D eigenvalue weighted by molar-refractivity contribution is 6.32. The fourth-order valence-electron chi connectivity index (χ4n) is 4.77. The number of nitrogens with one attached hydrogen (secondary N) is 2. The number of benzene rings is 3. The zero-order valence-corrected chi connectivity index (χ0v) is 22.6. The lowest BCUT2D eigenvalue weighted by molar-refractivity contribution is -0.129. The van der Waals surface area contributed by atoms with E-state index in [0.717, 1.165) is 31.6 Å². The molecule has 5 rings (SSSR count). The summed E-state index contributed by atoms with van der Waals surface area (Å²) in [5.74, 6) is 1.48. The van der Waals surface area contributed by atoms with Crippen LogP contribution in [0, 0.1) is 6.92 Å². The van der Waals surface area contributed by atoms with E-state index in [4.69, 9.17) is 16.3 Å². The van der Waals surface area contributed by atoms with Crippen LogP contribution in [0.2, 0.25) is 5.02 Å². The molecule has 0 radical (unpaired) electrons. The van der Waals surface area contributed by atoms with E-state index in [-0.39, 0.29) is 11.9 Å². The van der Waals surface area contributed by atoms with Crippen LogP contribution < -0.4 is 15.4 Å². The van der Waals surface area contributed by atoms with Gasteiger partial charge in [-0.3, -0.25) is 4.79 Å². The maximum absolute atomic E-state index is 12.9. The summed E-state index contributed by atoms with van der Waals surface area (Å²) in [6.45, 7) is 5.05. The molecule has 1 aliphatic rings. The number of hydrogen-bond acceptors (Lipinski definition) is 4. The molecule has 8 nitrogen and oxygen atoms in total. The number of carbonyl (C=O) groups excluding carboxylic acids is 2. The summed E-state index contributed by atoms with van der Waals surface area (Å²) < 4.78 is 7.84. The van der Waals surface area contributed by atoms with Crippen LogP contribution in [-0.2, 0) is 4.79 Å². The first-order chi connectivity index (χ1) is 18.9. The predicted molar refractivity (Wildman–Crippen MR) is 153 cm³/mol. The predicted octanol–water partition coefficient (Wildman–Crippen LogP) is 7.00. The van der Waals surface area contributed by atoms with Crippen molar-refractivity contribution >= 4 is 34.9 Å². The minimum atomic E-state index is -0.385. The molecule has 0 atom stereocenters. The standard InChI is InChI=1S/C30H30ClN5O3/c1-20-19-29(36(34-20)27-9-5-3-7-25(27)31)39-28-10-6-4-8-26(28)33-30(38)32-24-13-11-22(12-14-24)23-15-17-35(18-16-23)21(2)37/h3-14,19,23H,15-18H2,1-2H3,(H2,32,33,38). The number of aryl methyl sites for hydroxylation is 1. The molecule has 0 bridgehead atoms. The summed E-state index contributed by atoms with van der Waals surface area (Å²) in [5, 5.41) is 10.8. The van der Waals surface area contributed by atoms with Crippen LogP contribution >= 0.6 is 11.6 Å². The molecule has 1 saturated heterocycles. The highest BCUT2D eigenvalue weighted by Gasteiger charge is 2.22. The molecule has 3 amide bonds. The number of likely N-dealkylation sites (tertiary alicyclic amines) is 1. The van der Waals surface area contributed by atoms with Gasteiger partial charge in [0.25, 0.3) is 0 Å². The van der Waals surface area contributed by atoms with Crippen molar-refractivity contribution in [2.45, 2.75) is 32.6 Å². The Labute approximate surface area is 232 Å². The first kappa shape index (κ1) is 26.3. The molecule has 0 aliphatic carbocycles. The smallest absolute Gasteiger partial charge is 0.323 e. The van der Waals surface area contributed by atoms with Gasteiger partial charge in [-0.15, -0.1) is 0 Å². The van der Waals surface area contributed by atoms with E-state index in [1.54, 1.807) is 29.8 Å². The molecule has 1 aliphatic heterocycles. The molecular weight excluding hydrogens is 514 g/mol. The molecule has 2 heterocycles. The van der Waals surface area contributed by atoms with E-state index >= 15 is 0 Å². The van der Waals surface area contributed by atoms with Gasteiger partial charge in [0.1, 0.15) is 0 Å². The van der Waals surface area contributed by atoms with Crippen molar-refractivity contribution in [1.29, 1.82) is 0 Å². The number of nitrogens with zero attached hydrogens (tertiary/aromatic N) is 3. The van der Waals surface area contributed by atoms with Gasteiger partial charge in [0.2, 0.25) is 11.8 Å². The maximum atomic E-state index is 12.9. The van der Waals surface area contributed by atoms with E-state index in [1.165, 1.54) is 5.56 Å². The second-order valence-corrected chi connectivity index (χ2v) is 9.97. The van der Waals surface area contributed by atoms with Crippen molar-refractivity contribution in [3.63, 3.8) is 0 Å². The van der Waals surface area contributed by atoms with Crippen molar-refractivity contribution in [1.82, 2.24) is 14.7 Å². The number of urea groups is 1. The molecule has 39 heavy (non-hydrogen) atoms. The van der Waals surface area contributed by atoms with Crippen LogP contribution in [-0.4, -0.2) is 39.7 Å². The number of ether oxygens (including phenoxy) is 1. The van der Waals surface area contributed by atoms with E-state index in [9.17, 15) is 9.59 Å². The highest BCUT2D eigenvalue weighted by atomic mass is 35.5. The Morgan fingerprint density at radius 1 is 0.949 bits per heavy atom. The summed E-state index contributed by atoms with van der Waals surface area (Å²) in [5.41, 5.74) is 3.87. The van der Waals surface area contributed by atoms with E-state index < -0.39 is 0 Å². The number of anilines is 2. The molecule has 200 valence electrons. The highest BCUT2D eigenvalue weighted by Crippen LogP contribution is 2.33. The lowest BCUT2D eigenvalue weighted by atomic mass is 9.89. The van der Waals surface area contributed by atoms with Crippen molar-refractivity contribution in [2.75, 3.05) is 23.7 Å². The van der Waals surface area contributed by atoms with Crippen LogP contribution in [0.5, 0.6) is 11.6 Å². The number of hydrogen-bond donors (Lipinski definition) is 2. The quantitative estimate of drug-likeness (QED) is 0.274. The number of aromatic nitrogens is 2. The van der Waals surface area contributed by atoms with Crippen molar-refractivity contribution in [2.24, 2.45) is 0 Å². The van der Waals surface area contributed by atoms with Gasteiger partial charge in [-0.25, -0.2) is 4.79 Å². The molecule has 0 spiro atoms. The maximum Gasteiger partial charge on any atom is 0.323 e. The minimum absolute atomic E-state index is 0.132. The van der Waals surface area contributed by atoms with Crippen LogP contribution in [0.4, 0.5) is 16.2 Å². The molecule has 0 saturated carbocycles. The third-order valence-electron chi connectivity index (χ3n) is 6.81. The van der Waals surface area contributed by atoms with Crippen LogP contribution in [0.25, 0.3) is 5.69 Å². The van der Waals surface area contributed by atoms with E-state index in [2.05, 4.69) is 15.7 Å². The van der Waals surface area contributed by atoms with Gasteiger partial charge >= 0.3 is 6.03 Å². The summed E-state index contributed by atoms with van der Waals surface area (Å²) >= 11 is 6.40. The number of rotatable bonds is 6. The number of halogens is 1. The molecule has 3 aromatic carbocycles. The normalized spacial score (nSPS) is 13.7. The molecule has 2 N–H and O–H groups in total. The lowest BCUT2D eigenvalue weighted by Crippen LogP contribution is -2.36. The minimum Gasteiger partial charge on any atom is -0.437 e. The molecule has 9 heteroatoms. The van der Waals surface area contributed by atoms with Gasteiger partial charge in [-0.1, -0.05) is 48.0 Å². The van der Waals surface area contributed by atoms with Crippen molar-refractivity contribution in [3.8, 4) is 17.3 Å². The van der Waals surface area contributed by atoms with Crippen LogP contribution in [0.3, 0.4) is 0 Å². The topological polar surface area (TPSA) is 88.5 Å². The fraction of sp³-hybridized carbons (Fsp3) is 0.233. The van der Waals surface area contributed by atoms with Gasteiger partial charge < -0.3 is 20.3 Å². The molecule has 0 unspecified atom stereocenters. The number of amides is 3. The Morgan fingerprint density at radius 3 is 2.36 bits per heavy atom. The first-order valence-corrected chi connectivity index (χ1v) is 13.3. The molecule has 4 aromatic rings. The Morgan fingerprint density at radius 2 is 1.64 bits per heavy atom. The summed E-state index contributed by atoms with van der Waals surface area (Å²) in [4.78, 5) is 26.3. The summed E-state index contributed by atoms with van der Waals surface area (Å²) in [6, 6.07) is 23.9. The molecular formula is C30H30ClN5O3. The van der Waals surface area contributed by atoms with Gasteiger partial charge in [-0.2, -0.15) is 9.78 Å². The Kier molecular flexibility index (Phi) is 7.84. The Bertz CT molecular complexity index is 1480. The summed E-state index contributed by atoms with van der Waals surface area (Å²) in [6.07, 6.45) is 1.89. The number of piperidine rings is 1. The Balaban J connectivity index is 1.25. The second-order valence-electron chi connectivity index (χ2n) is 9.57. The van der Waals surface area contributed by atoms with Gasteiger partial charge in [-0.05, 0) is 67.6 Å². The number of carbonyl (C=O) groups is 2. The zero-order chi connectivity index (χ0) is 27.4. The SMILES string of the molecule is CC(=O)N1CCC(c2ccc(NC(=O)Nc3ccccc3Oc3cc(C)nn3-c3ccccc3Cl)cc2)CC1. The monoisotopic (exact) mass is 543 g/mol. The van der Waals surface area contributed by atoms with Gasteiger partial charge in [0.05, 0.1) is 22.1 Å². The zero-order valence-electron chi connectivity index (χ0n) is 21.9. The molecule has 1 fully saturated rings.